The Labute approximate surface area is 175 Å². The number of thiocarbonyl (C=S) groups is 1. The molecule has 0 bridgehead atoms. The third kappa shape index (κ3) is 4.78. The molecule has 0 aliphatic heterocycles. The summed E-state index contributed by atoms with van der Waals surface area (Å²) in [6.45, 7) is -0.157. The van der Waals surface area contributed by atoms with Crippen molar-refractivity contribution in [3.05, 3.63) is 70.4 Å². The van der Waals surface area contributed by atoms with E-state index in [1.54, 1.807) is 37.4 Å². The van der Waals surface area contributed by atoms with Crippen molar-refractivity contribution in [3.63, 3.8) is 0 Å². The van der Waals surface area contributed by atoms with E-state index in [2.05, 4.69) is 26.6 Å². The first-order valence-corrected chi connectivity index (χ1v) is 9.46. The van der Waals surface area contributed by atoms with Crippen molar-refractivity contribution in [2.75, 3.05) is 12.4 Å². The van der Waals surface area contributed by atoms with Crippen LogP contribution in [0.1, 0.15) is 16.1 Å². The highest BCUT2D eigenvalue weighted by atomic mass is 79.9. The summed E-state index contributed by atoms with van der Waals surface area (Å²) >= 11 is 8.60. The van der Waals surface area contributed by atoms with Crippen LogP contribution in [0.3, 0.4) is 0 Å². The molecular formula is C20H17BrN2O4S. The number of anilines is 1. The molecule has 8 heteroatoms. The Morgan fingerprint density at radius 1 is 1.21 bits per heavy atom. The fraction of sp³-hybridized carbons (Fsp3) is 0.100. The Hall–Kier alpha value is -2.68. The van der Waals surface area contributed by atoms with Gasteiger partial charge in [0.25, 0.3) is 5.91 Å². The van der Waals surface area contributed by atoms with E-state index in [0.29, 0.717) is 33.0 Å². The number of furan rings is 1. The van der Waals surface area contributed by atoms with Crippen molar-refractivity contribution >= 4 is 44.9 Å². The first-order chi connectivity index (χ1) is 13.5. The SMILES string of the molecule is COc1ccc(C(=O)NC(=S)Nc2cccc(-c3ccc(CO)o3)c2)cc1Br. The normalized spacial score (nSPS) is 10.4. The largest absolute Gasteiger partial charge is 0.496 e. The van der Waals surface area contributed by atoms with E-state index < -0.39 is 0 Å². The van der Waals surface area contributed by atoms with Gasteiger partial charge in [0.2, 0.25) is 0 Å². The summed E-state index contributed by atoms with van der Waals surface area (Å²) in [5.74, 6) is 1.42. The van der Waals surface area contributed by atoms with Crippen LogP contribution in [0.25, 0.3) is 11.3 Å². The van der Waals surface area contributed by atoms with Crippen molar-refractivity contribution < 1.29 is 19.1 Å². The molecule has 1 aromatic heterocycles. The Bertz CT molecular complexity index is 1020. The highest BCUT2D eigenvalue weighted by Crippen LogP contribution is 2.26. The van der Waals surface area contributed by atoms with E-state index in [1.165, 1.54) is 0 Å². The van der Waals surface area contributed by atoms with Gasteiger partial charge in [0.05, 0.1) is 11.6 Å². The summed E-state index contributed by atoms with van der Waals surface area (Å²) in [5.41, 5.74) is 1.95. The minimum Gasteiger partial charge on any atom is -0.496 e. The van der Waals surface area contributed by atoms with Crippen LogP contribution in [-0.2, 0) is 6.61 Å². The molecule has 0 aliphatic rings. The van der Waals surface area contributed by atoms with E-state index in [0.717, 1.165) is 5.56 Å². The lowest BCUT2D eigenvalue weighted by Crippen LogP contribution is -2.34. The lowest BCUT2D eigenvalue weighted by atomic mass is 10.1. The molecule has 2 aromatic carbocycles. The second kappa shape index (κ2) is 9.01. The molecule has 0 atom stereocenters. The van der Waals surface area contributed by atoms with Gasteiger partial charge < -0.3 is 19.6 Å². The summed E-state index contributed by atoms with van der Waals surface area (Å²) in [7, 11) is 1.56. The molecule has 1 heterocycles. The van der Waals surface area contributed by atoms with Gasteiger partial charge in [-0.25, -0.2) is 0 Å². The zero-order valence-corrected chi connectivity index (χ0v) is 17.3. The van der Waals surface area contributed by atoms with Crippen molar-refractivity contribution in [2.24, 2.45) is 0 Å². The number of benzene rings is 2. The van der Waals surface area contributed by atoms with E-state index in [-0.39, 0.29) is 17.6 Å². The van der Waals surface area contributed by atoms with Crippen LogP contribution in [0.15, 0.2) is 63.5 Å². The molecule has 0 fully saturated rings. The zero-order chi connectivity index (χ0) is 20.1. The average Bonchev–Trinajstić information content (AvgIpc) is 3.17. The monoisotopic (exact) mass is 460 g/mol. The third-order valence-corrected chi connectivity index (χ3v) is 4.69. The van der Waals surface area contributed by atoms with Crippen LogP contribution >= 0.6 is 28.1 Å². The van der Waals surface area contributed by atoms with Crippen LogP contribution in [0.4, 0.5) is 5.69 Å². The number of aliphatic hydroxyl groups excluding tert-OH is 1. The molecule has 3 N–H and O–H groups in total. The third-order valence-electron chi connectivity index (χ3n) is 3.86. The number of nitrogens with one attached hydrogen (secondary N) is 2. The number of rotatable bonds is 5. The zero-order valence-electron chi connectivity index (χ0n) is 14.9. The average molecular weight is 461 g/mol. The Kier molecular flexibility index (Phi) is 6.45. The van der Waals surface area contributed by atoms with Gasteiger partial charge in [0, 0.05) is 16.8 Å². The first-order valence-electron chi connectivity index (χ1n) is 8.26. The summed E-state index contributed by atoms with van der Waals surface area (Å²) in [4.78, 5) is 12.4. The molecule has 1 amide bonds. The number of halogens is 1. The van der Waals surface area contributed by atoms with Crippen molar-refractivity contribution in [1.29, 1.82) is 0 Å². The number of hydrogen-bond donors (Lipinski definition) is 3. The van der Waals surface area contributed by atoms with Gasteiger partial charge in [-0.05, 0) is 70.6 Å². The van der Waals surface area contributed by atoms with Crippen molar-refractivity contribution in [3.8, 4) is 17.1 Å². The number of aliphatic hydroxyl groups is 1. The smallest absolute Gasteiger partial charge is 0.257 e. The number of amides is 1. The number of hydrogen-bond acceptors (Lipinski definition) is 5. The molecule has 0 unspecified atom stereocenters. The van der Waals surface area contributed by atoms with Crippen LogP contribution in [0.2, 0.25) is 0 Å². The second-order valence-corrected chi connectivity index (χ2v) is 7.03. The summed E-state index contributed by atoms with van der Waals surface area (Å²) in [5, 5.41) is 14.9. The Morgan fingerprint density at radius 3 is 2.71 bits per heavy atom. The Balaban J connectivity index is 1.67. The van der Waals surface area contributed by atoms with Gasteiger partial charge in [-0.1, -0.05) is 12.1 Å². The highest BCUT2D eigenvalue weighted by molar-refractivity contribution is 9.10. The molecule has 144 valence electrons. The van der Waals surface area contributed by atoms with Crippen LogP contribution in [-0.4, -0.2) is 23.2 Å². The minimum absolute atomic E-state index is 0.157. The van der Waals surface area contributed by atoms with Crippen molar-refractivity contribution in [2.45, 2.75) is 6.61 Å². The van der Waals surface area contributed by atoms with Gasteiger partial charge in [0.15, 0.2) is 5.11 Å². The maximum atomic E-state index is 12.4. The van der Waals surface area contributed by atoms with Crippen LogP contribution in [0, 0.1) is 0 Å². The fourth-order valence-corrected chi connectivity index (χ4v) is 3.26. The van der Waals surface area contributed by atoms with Gasteiger partial charge in [-0.2, -0.15) is 0 Å². The molecule has 6 nitrogen and oxygen atoms in total. The highest BCUT2D eigenvalue weighted by Gasteiger charge is 2.11. The molecule has 0 saturated carbocycles. The lowest BCUT2D eigenvalue weighted by molar-refractivity contribution is 0.0977. The predicted octanol–water partition coefficient (Wildman–Crippen LogP) is 4.34. The predicted molar refractivity (Wildman–Crippen MR) is 114 cm³/mol. The van der Waals surface area contributed by atoms with Gasteiger partial charge in [0.1, 0.15) is 23.9 Å². The molecule has 0 saturated heterocycles. The molecule has 3 rings (SSSR count). The quantitative estimate of drug-likeness (QED) is 0.491. The Morgan fingerprint density at radius 2 is 2.04 bits per heavy atom. The maximum absolute atomic E-state index is 12.4. The number of ether oxygens (including phenoxy) is 1. The summed E-state index contributed by atoms with van der Waals surface area (Å²) in [6.07, 6.45) is 0. The lowest BCUT2D eigenvalue weighted by Gasteiger charge is -2.11. The van der Waals surface area contributed by atoms with E-state index >= 15 is 0 Å². The van der Waals surface area contributed by atoms with Crippen molar-refractivity contribution in [1.82, 2.24) is 5.32 Å². The standard InChI is InChI=1S/C20H17BrN2O4S/c1-26-18-7-5-13(10-16(18)21)19(25)23-20(28)22-14-4-2-3-12(9-14)17-8-6-15(11-24)27-17/h2-10,24H,11H2,1H3,(H2,22,23,25,28). The van der Waals surface area contributed by atoms with E-state index in [1.807, 2.05) is 24.3 Å². The van der Waals surface area contributed by atoms with Gasteiger partial charge in [-0.3, -0.25) is 10.1 Å². The minimum atomic E-state index is -0.337. The topological polar surface area (TPSA) is 83.7 Å². The molecule has 3 aromatic rings. The fourth-order valence-electron chi connectivity index (χ4n) is 2.51. The molecular weight excluding hydrogens is 444 g/mol. The summed E-state index contributed by atoms with van der Waals surface area (Å²) in [6, 6.07) is 15.9. The molecule has 28 heavy (non-hydrogen) atoms. The number of methoxy groups -OCH3 is 1. The maximum Gasteiger partial charge on any atom is 0.257 e. The molecule has 0 spiro atoms. The van der Waals surface area contributed by atoms with Crippen LogP contribution < -0.4 is 15.4 Å². The van der Waals surface area contributed by atoms with Gasteiger partial charge in [-0.15, -0.1) is 0 Å². The van der Waals surface area contributed by atoms with Crippen LogP contribution in [0.5, 0.6) is 5.75 Å². The molecule has 0 aliphatic carbocycles. The first kappa shape index (κ1) is 20.1. The second-order valence-electron chi connectivity index (χ2n) is 5.76. The number of carbonyl (C=O) groups is 1. The van der Waals surface area contributed by atoms with Gasteiger partial charge >= 0.3 is 0 Å². The van der Waals surface area contributed by atoms with E-state index in [9.17, 15) is 4.79 Å². The van der Waals surface area contributed by atoms with E-state index in [4.69, 9.17) is 26.5 Å². The summed E-state index contributed by atoms with van der Waals surface area (Å²) < 4.78 is 11.4. The number of carbonyl (C=O) groups excluding carboxylic acids is 1. The molecule has 0 radical (unpaired) electrons.